The van der Waals surface area contributed by atoms with Gasteiger partial charge in [0.05, 0.1) is 11.7 Å². The first-order valence-corrected chi connectivity index (χ1v) is 4.35. The minimum atomic E-state index is 0.184. The van der Waals surface area contributed by atoms with Crippen LogP contribution in [-0.4, -0.2) is 21.9 Å². The number of H-pyrrole nitrogens is 1. The highest BCUT2D eigenvalue weighted by Crippen LogP contribution is 2.19. The fourth-order valence-electron chi connectivity index (χ4n) is 1.37. The standard InChI is InChI=1S/C10H12N2O/c1-7(6-13)8-2-3-10-9(4-8)5-11-12-10/h2-5,7,13H,6H2,1H3,(H,11,12). The summed E-state index contributed by atoms with van der Waals surface area (Å²) < 4.78 is 0. The number of nitrogens with zero attached hydrogens (tertiary/aromatic N) is 1. The van der Waals surface area contributed by atoms with Crippen LogP contribution in [0.2, 0.25) is 0 Å². The van der Waals surface area contributed by atoms with Gasteiger partial charge in [-0.2, -0.15) is 5.10 Å². The van der Waals surface area contributed by atoms with Gasteiger partial charge in [0.1, 0.15) is 0 Å². The maximum Gasteiger partial charge on any atom is 0.0650 e. The molecule has 13 heavy (non-hydrogen) atoms. The SMILES string of the molecule is CC(CO)c1ccc2[nH]ncc2c1. The van der Waals surface area contributed by atoms with Crippen LogP contribution in [-0.2, 0) is 0 Å². The maximum absolute atomic E-state index is 8.99. The number of rotatable bonds is 2. The fraction of sp³-hybridized carbons (Fsp3) is 0.300. The van der Waals surface area contributed by atoms with Gasteiger partial charge in [0.2, 0.25) is 0 Å². The molecule has 0 saturated heterocycles. The number of hydrogen-bond donors (Lipinski definition) is 2. The Morgan fingerprint density at radius 1 is 1.54 bits per heavy atom. The van der Waals surface area contributed by atoms with Crippen LogP contribution in [0.5, 0.6) is 0 Å². The summed E-state index contributed by atoms with van der Waals surface area (Å²) in [7, 11) is 0. The van der Waals surface area contributed by atoms with E-state index in [1.54, 1.807) is 6.20 Å². The number of aliphatic hydroxyl groups is 1. The van der Waals surface area contributed by atoms with Crippen LogP contribution in [0.15, 0.2) is 24.4 Å². The summed E-state index contributed by atoms with van der Waals surface area (Å²) >= 11 is 0. The third kappa shape index (κ3) is 1.42. The summed E-state index contributed by atoms with van der Waals surface area (Å²) in [6.45, 7) is 2.19. The van der Waals surface area contributed by atoms with Crippen LogP contribution in [0.4, 0.5) is 0 Å². The Balaban J connectivity index is 2.48. The van der Waals surface area contributed by atoms with Crippen LogP contribution in [0.25, 0.3) is 10.9 Å². The summed E-state index contributed by atoms with van der Waals surface area (Å²) in [4.78, 5) is 0. The highest BCUT2D eigenvalue weighted by molar-refractivity contribution is 5.78. The lowest BCUT2D eigenvalue weighted by Gasteiger charge is -2.07. The molecule has 1 unspecified atom stereocenters. The predicted molar refractivity (Wildman–Crippen MR) is 51.6 cm³/mol. The van der Waals surface area contributed by atoms with E-state index >= 15 is 0 Å². The van der Waals surface area contributed by atoms with Crippen molar-refractivity contribution in [2.24, 2.45) is 0 Å². The van der Waals surface area contributed by atoms with E-state index < -0.39 is 0 Å². The Bertz CT molecular complexity index is 408. The van der Waals surface area contributed by atoms with Gasteiger partial charge in [-0.05, 0) is 17.7 Å². The van der Waals surface area contributed by atoms with E-state index in [2.05, 4.69) is 16.3 Å². The third-order valence-corrected chi connectivity index (χ3v) is 2.31. The first kappa shape index (κ1) is 8.26. The van der Waals surface area contributed by atoms with Gasteiger partial charge in [0.15, 0.2) is 0 Å². The van der Waals surface area contributed by atoms with Gasteiger partial charge in [-0.15, -0.1) is 0 Å². The second kappa shape index (κ2) is 3.18. The molecule has 0 spiro atoms. The Labute approximate surface area is 76.4 Å². The molecule has 0 radical (unpaired) electrons. The van der Waals surface area contributed by atoms with Crippen molar-refractivity contribution in [3.63, 3.8) is 0 Å². The van der Waals surface area contributed by atoms with Crippen LogP contribution in [0.3, 0.4) is 0 Å². The molecular weight excluding hydrogens is 164 g/mol. The number of aromatic amines is 1. The monoisotopic (exact) mass is 176 g/mol. The van der Waals surface area contributed by atoms with Crippen molar-refractivity contribution in [2.75, 3.05) is 6.61 Å². The fourth-order valence-corrected chi connectivity index (χ4v) is 1.37. The molecule has 0 bridgehead atoms. The predicted octanol–water partition coefficient (Wildman–Crippen LogP) is 1.66. The first-order chi connectivity index (χ1) is 6.31. The molecule has 1 heterocycles. The summed E-state index contributed by atoms with van der Waals surface area (Å²) in [5.41, 5.74) is 2.19. The van der Waals surface area contributed by atoms with Gasteiger partial charge in [-0.25, -0.2) is 0 Å². The molecule has 68 valence electrons. The highest BCUT2D eigenvalue weighted by Gasteiger charge is 2.04. The van der Waals surface area contributed by atoms with Crippen molar-refractivity contribution in [2.45, 2.75) is 12.8 Å². The summed E-state index contributed by atoms with van der Waals surface area (Å²) in [5.74, 6) is 0.194. The van der Waals surface area contributed by atoms with Crippen LogP contribution >= 0.6 is 0 Å². The maximum atomic E-state index is 8.99. The minimum Gasteiger partial charge on any atom is -0.396 e. The lowest BCUT2D eigenvalue weighted by Crippen LogP contribution is -1.97. The molecule has 3 nitrogen and oxygen atoms in total. The largest absolute Gasteiger partial charge is 0.396 e. The molecular formula is C10H12N2O. The van der Waals surface area contributed by atoms with Gasteiger partial charge < -0.3 is 5.11 Å². The van der Waals surface area contributed by atoms with Gasteiger partial charge in [-0.1, -0.05) is 13.0 Å². The Morgan fingerprint density at radius 3 is 3.15 bits per heavy atom. The molecule has 1 aromatic carbocycles. The van der Waals surface area contributed by atoms with E-state index in [4.69, 9.17) is 5.11 Å². The lowest BCUT2D eigenvalue weighted by molar-refractivity contribution is 0.273. The molecule has 3 heteroatoms. The van der Waals surface area contributed by atoms with E-state index in [0.717, 1.165) is 16.5 Å². The normalized spacial score (nSPS) is 13.4. The number of fused-ring (bicyclic) bond motifs is 1. The molecule has 0 amide bonds. The topological polar surface area (TPSA) is 48.9 Å². The van der Waals surface area contributed by atoms with Gasteiger partial charge in [0, 0.05) is 17.9 Å². The second-order valence-corrected chi connectivity index (χ2v) is 3.30. The molecule has 2 N–H and O–H groups in total. The van der Waals surface area contributed by atoms with E-state index in [1.165, 1.54) is 0 Å². The number of aliphatic hydroxyl groups excluding tert-OH is 1. The Hall–Kier alpha value is -1.35. The van der Waals surface area contributed by atoms with Gasteiger partial charge in [0.25, 0.3) is 0 Å². The molecule has 0 aliphatic rings. The molecule has 0 fully saturated rings. The van der Waals surface area contributed by atoms with Crippen LogP contribution in [0, 0.1) is 0 Å². The van der Waals surface area contributed by atoms with Crippen LogP contribution in [0.1, 0.15) is 18.4 Å². The summed E-state index contributed by atoms with van der Waals surface area (Å²) in [6.07, 6.45) is 1.79. The number of hydrogen-bond acceptors (Lipinski definition) is 2. The molecule has 1 atom stereocenters. The molecule has 2 rings (SSSR count). The zero-order valence-electron chi connectivity index (χ0n) is 7.49. The van der Waals surface area contributed by atoms with E-state index in [9.17, 15) is 0 Å². The highest BCUT2D eigenvalue weighted by atomic mass is 16.3. The molecule has 1 aromatic heterocycles. The molecule has 2 aromatic rings. The molecule has 0 aliphatic carbocycles. The smallest absolute Gasteiger partial charge is 0.0650 e. The van der Waals surface area contributed by atoms with Gasteiger partial charge in [-0.3, -0.25) is 5.10 Å². The van der Waals surface area contributed by atoms with Crippen LogP contribution < -0.4 is 0 Å². The van der Waals surface area contributed by atoms with E-state index in [1.807, 2.05) is 19.1 Å². The van der Waals surface area contributed by atoms with Crippen molar-refractivity contribution in [3.8, 4) is 0 Å². The Kier molecular flexibility index (Phi) is 2.02. The van der Waals surface area contributed by atoms with E-state index in [0.29, 0.717) is 0 Å². The van der Waals surface area contributed by atoms with Crippen molar-refractivity contribution < 1.29 is 5.11 Å². The zero-order valence-corrected chi connectivity index (χ0v) is 7.49. The lowest BCUT2D eigenvalue weighted by atomic mass is 10.0. The number of nitrogens with one attached hydrogen (secondary N) is 1. The van der Waals surface area contributed by atoms with Crippen molar-refractivity contribution in [1.29, 1.82) is 0 Å². The minimum absolute atomic E-state index is 0.184. The first-order valence-electron chi connectivity index (χ1n) is 4.35. The number of aromatic nitrogens is 2. The Morgan fingerprint density at radius 2 is 2.38 bits per heavy atom. The summed E-state index contributed by atoms with van der Waals surface area (Å²) in [5, 5.41) is 16.9. The van der Waals surface area contributed by atoms with E-state index in [-0.39, 0.29) is 12.5 Å². The second-order valence-electron chi connectivity index (χ2n) is 3.30. The summed E-state index contributed by atoms with van der Waals surface area (Å²) in [6, 6.07) is 6.06. The number of benzene rings is 1. The average Bonchev–Trinajstić information content (AvgIpc) is 2.63. The quantitative estimate of drug-likeness (QED) is 0.731. The van der Waals surface area contributed by atoms with Crippen molar-refractivity contribution in [3.05, 3.63) is 30.0 Å². The van der Waals surface area contributed by atoms with Crippen molar-refractivity contribution >= 4 is 10.9 Å². The van der Waals surface area contributed by atoms with Crippen molar-refractivity contribution in [1.82, 2.24) is 10.2 Å². The zero-order chi connectivity index (χ0) is 9.26. The third-order valence-electron chi connectivity index (χ3n) is 2.31. The van der Waals surface area contributed by atoms with Gasteiger partial charge >= 0.3 is 0 Å². The molecule has 0 saturated carbocycles. The average molecular weight is 176 g/mol. The molecule has 0 aliphatic heterocycles.